The maximum atomic E-state index is 15.5. The number of ketones is 1. The van der Waals surface area contributed by atoms with Gasteiger partial charge < -0.3 is 5.11 Å². The van der Waals surface area contributed by atoms with Gasteiger partial charge in [-0.2, -0.15) is 17.6 Å². The van der Waals surface area contributed by atoms with Crippen LogP contribution >= 0.6 is 11.3 Å². The molecule has 57 heavy (non-hydrogen) atoms. The van der Waals surface area contributed by atoms with Crippen LogP contribution in [0.3, 0.4) is 0 Å². The standard InChI is InChI=1S/C30H30F2NSSi.C13H24F4O2Si2.Ir/c1-19(2)25-18-21(17-20-9-6-7-10-22(20)25)27-29-24(13-15-33-27)23-11-8-12-26(28(23)34-29)30(31,32)14-16-35(3,4)5;1-20(2,3)8-12(14,15)10(18)7-11(19)13(16,17)9-21(4,5)6;/h6-13,15,18-19H,14,16H2,1-5H3;7,18H,8-9H2,1-6H3;/q-1;;/b;10-7-;. The summed E-state index contributed by atoms with van der Waals surface area (Å²) in [7, 11) is -6.07. The van der Waals surface area contributed by atoms with Gasteiger partial charge in [-0.15, -0.1) is 40.5 Å². The van der Waals surface area contributed by atoms with Gasteiger partial charge in [0.1, 0.15) is 0 Å². The number of fused-ring (bicyclic) bond motifs is 4. The van der Waals surface area contributed by atoms with E-state index < -0.39 is 65.6 Å². The number of hydrogen-bond donors (Lipinski definition) is 1. The van der Waals surface area contributed by atoms with Crippen molar-refractivity contribution in [2.45, 2.75) is 121 Å². The number of nitrogens with zero attached hydrogens (tertiary/aromatic N) is 1. The molecule has 0 unspecified atom stereocenters. The van der Waals surface area contributed by atoms with E-state index in [1.807, 2.05) is 18.2 Å². The molecule has 3 aromatic carbocycles. The maximum absolute atomic E-state index is 15.5. The monoisotopic (exact) mass is 1040 g/mol. The number of aliphatic hydroxyl groups excluding tert-OH is 1. The van der Waals surface area contributed by atoms with Crippen molar-refractivity contribution < 1.29 is 56.3 Å². The summed E-state index contributed by atoms with van der Waals surface area (Å²) in [6.07, 6.45) is 1.69. The molecule has 0 saturated heterocycles. The first-order valence-electron chi connectivity index (χ1n) is 18.9. The molecule has 2 aromatic heterocycles. The maximum Gasteiger partial charge on any atom is 0.306 e. The predicted molar refractivity (Wildman–Crippen MR) is 232 cm³/mol. The first-order valence-corrected chi connectivity index (χ1v) is 30.8. The van der Waals surface area contributed by atoms with Crippen LogP contribution in [0.25, 0.3) is 42.2 Å². The topological polar surface area (TPSA) is 50.2 Å². The number of thiophene rings is 1. The normalized spacial score (nSPS) is 13.5. The molecule has 0 aliphatic rings. The fraction of sp³-hybridized carbons (Fsp3) is 0.442. The van der Waals surface area contributed by atoms with Gasteiger partial charge in [-0.25, -0.2) is 8.78 Å². The Hall–Kier alpha value is -2.62. The van der Waals surface area contributed by atoms with Crippen LogP contribution in [0.5, 0.6) is 0 Å². The Bertz CT molecular complexity index is 2240. The molecule has 1 N–H and O–H groups in total. The fourth-order valence-electron chi connectivity index (χ4n) is 6.58. The first-order chi connectivity index (χ1) is 25.5. The summed E-state index contributed by atoms with van der Waals surface area (Å²) in [5, 5.41) is 13.5. The van der Waals surface area contributed by atoms with Crippen LogP contribution in [-0.4, -0.2) is 51.9 Å². The second-order valence-electron chi connectivity index (χ2n) is 18.7. The van der Waals surface area contributed by atoms with Gasteiger partial charge in [0.15, 0.2) is 5.76 Å². The molecule has 0 bridgehead atoms. The molecule has 0 spiro atoms. The summed E-state index contributed by atoms with van der Waals surface area (Å²) in [6, 6.07) is 20.6. The SMILES string of the molecule is CC(C)c1cc(-c2nccc3c2sc2c(C(F)(F)CC[Si](C)(C)C)cccc23)[c-]c2ccccc12.C[Si](C)(C)CC(F)(F)C(=O)/C=C(\O)C(F)(F)C[Si](C)(C)C.[Ir]. The summed E-state index contributed by atoms with van der Waals surface area (Å²) in [5.41, 5.74) is 3.11. The van der Waals surface area contributed by atoms with Crippen LogP contribution in [0.1, 0.15) is 37.3 Å². The van der Waals surface area contributed by atoms with E-state index in [-0.39, 0.29) is 38.2 Å². The zero-order valence-electron chi connectivity index (χ0n) is 34.6. The van der Waals surface area contributed by atoms with Gasteiger partial charge >= 0.3 is 11.8 Å². The third-order valence-corrected chi connectivity index (χ3v) is 15.2. The quantitative estimate of drug-likeness (QED) is 0.0420. The minimum atomic E-state index is -3.71. The number of halogens is 6. The molecule has 5 rings (SSSR count). The molecule has 0 saturated carbocycles. The number of alkyl halides is 6. The number of pyridine rings is 1. The molecular weight excluding hydrogens is 985 g/mol. The van der Waals surface area contributed by atoms with Gasteiger partial charge in [-0.3, -0.25) is 9.78 Å². The van der Waals surface area contributed by atoms with Gasteiger partial charge in [0.25, 0.3) is 5.92 Å². The van der Waals surface area contributed by atoms with Crippen molar-refractivity contribution in [3.63, 3.8) is 0 Å². The molecule has 0 aliphatic carbocycles. The van der Waals surface area contributed by atoms with Gasteiger partial charge in [0.05, 0.1) is 16.1 Å². The second-order valence-corrected chi connectivity index (χ2v) is 36.3. The molecule has 14 heteroatoms. The van der Waals surface area contributed by atoms with Crippen LogP contribution in [0.2, 0.25) is 77.1 Å². The number of aromatic nitrogens is 1. The van der Waals surface area contributed by atoms with Crippen molar-refractivity contribution in [3.8, 4) is 11.3 Å². The summed E-state index contributed by atoms with van der Waals surface area (Å²) in [5.74, 6) is -13.2. The van der Waals surface area contributed by atoms with E-state index in [9.17, 15) is 27.5 Å². The molecular formula is C43H54F6IrNO2SSi3-. The van der Waals surface area contributed by atoms with Crippen LogP contribution < -0.4 is 0 Å². The van der Waals surface area contributed by atoms with Crippen molar-refractivity contribution in [2.75, 3.05) is 0 Å². The number of carbonyl (C=O) groups excluding carboxylic acids is 1. The van der Waals surface area contributed by atoms with Crippen molar-refractivity contribution in [1.82, 2.24) is 4.98 Å². The van der Waals surface area contributed by atoms with E-state index in [1.165, 1.54) is 22.3 Å². The average Bonchev–Trinajstić information content (AvgIpc) is 3.44. The van der Waals surface area contributed by atoms with Crippen LogP contribution in [0.15, 0.2) is 72.6 Å². The fourth-order valence-corrected chi connectivity index (χ4v) is 12.0. The summed E-state index contributed by atoms with van der Waals surface area (Å²) < 4.78 is 87.4. The zero-order chi connectivity index (χ0) is 42.2. The number of carbonyl (C=O) groups is 1. The first kappa shape index (κ1) is 48.7. The average molecular weight is 1040 g/mol. The number of hydrogen-bond acceptors (Lipinski definition) is 4. The van der Waals surface area contributed by atoms with E-state index in [2.05, 4.69) is 63.8 Å². The van der Waals surface area contributed by atoms with Crippen molar-refractivity contribution >= 4 is 72.3 Å². The summed E-state index contributed by atoms with van der Waals surface area (Å²) >= 11 is 1.44. The Kier molecular flexibility index (Phi) is 15.3. The van der Waals surface area contributed by atoms with E-state index in [1.54, 1.807) is 57.6 Å². The number of allylic oxidation sites excluding steroid dienone is 2. The van der Waals surface area contributed by atoms with Crippen molar-refractivity contribution in [1.29, 1.82) is 0 Å². The Labute approximate surface area is 353 Å². The smallest absolute Gasteiger partial charge is 0.306 e. The van der Waals surface area contributed by atoms with E-state index in [4.69, 9.17) is 4.98 Å². The molecule has 0 amide bonds. The number of benzene rings is 3. The molecule has 313 valence electrons. The minimum Gasteiger partial charge on any atom is -0.506 e. The van der Waals surface area contributed by atoms with E-state index in [0.717, 1.165) is 32.1 Å². The van der Waals surface area contributed by atoms with Gasteiger partial charge in [0, 0.05) is 85.0 Å². The molecule has 3 nitrogen and oxygen atoms in total. The van der Waals surface area contributed by atoms with Gasteiger partial charge in [-0.05, 0) is 17.4 Å². The van der Waals surface area contributed by atoms with E-state index in [0.29, 0.717) is 16.7 Å². The third-order valence-electron chi connectivity index (χ3n) is 9.19. The second kappa shape index (κ2) is 17.9. The Morgan fingerprint density at radius 1 is 0.789 bits per heavy atom. The molecule has 5 aromatic rings. The number of aliphatic hydroxyl groups is 1. The molecule has 0 fully saturated rings. The van der Waals surface area contributed by atoms with Crippen LogP contribution in [-0.2, 0) is 30.8 Å². The van der Waals surface area contributed by atoms with Crippen molar-refractivity contribution in [2.24, 2.45) is 0 Å². The third kappa shape index (κ3) is 12.7. The Balaban J connectivity index is 0.000000343. The zero-order valence-corrected chi connectivity index (χ0v) is 40.8. The summed E-state index contributed by atoms with van der Waals surface area (Å²) in [4.78, 5) is 16.2. The molecule has 1 radical (unpaired) electrons. The van der Waals surface area contributed by atoms with Gasteiger partial charge in [0.2, 0.25) is 5.78 Å². The van der Waals surface area contributed by atoms with Gasteiger partial charge in [-0.1, -0.05) is 126 Å². The van der Waals surface area contributed by atoms with Crippen molar-refractivity contribution in [3.05, 3.63) is 89.8 Å². The largest absolute Gasteiger partial charge is 0.506 e. The minimum absolute atomic E-state index is 0. The number of rotatable bonds is 13. The summed E-state index contributed by atoms with van der Waals surface area (Å²) in [6.45, 7) is 20.8. The molecule has 2 heterocycles. The van der Waals surface area contributed by atoms with Crippen LogP contribution in [0, 0.1) is 6.07 Å². The predicted octanol–water partition coefficient (Wildman–Crippen LogP) is 15.0. The Morgan fingerprint density at radius 2 is 1.35 bits per heavy atom. The molecule has 0 atom stereocenters. The van der Waals surface area contributed by atoms with Crippen LogP contribution in [0.4, 0.5) is 26.3 Å². The Morgan fingerprint density at radius 3 is 1.93 bits per heavy atom. The molecule has 0 aliphatic heterocycles. The van der Waals surface area contributed by atoms with E-state index >= 15 is 8.78 Å².